The highest BCUT2D eigenvalue weighted by Crippen LogP contribution is 2.25. The molecule has 1 atom stereocenters. The number of hydrogen-bond acceptors (Lipinski definition) is 1. The van der Waals surface area contributed by atoms with E-state index in [1.54, 1.807) is 0 Å². The summed E-state index contributed by atoms with van der Waals surface area (Å²) in [5.74, 6) is -0.693. The molecule has 1 nitrogen and oxygen atoms in total. The molecule has 20 heavy (non-hydrogen) atoms. The normalized spacial score (nSPS) is 13.6. The highest BCUT2D eigenvalue weighted by molar-refractivity contribution is 9.10. The molecule has 0 radical (unpaired) electrons. The summed E-state index contributed by atoms with van der Waals surface area (Å²) < 4.78 is 28.2. The van der Waals surface area contributed by atoms with Gasteiger partial charge >= 0.3 is 0 Å². The van der Waals surface area contributed by atoms with Crippen LogP contribution in [0.25, 0.3) is 0 Å². The fraction of sp³-hybridized carbons (Fsp3) is 0.625. The van der Waals surface area contributed by atoms with Crippen molar-refractivity contribution >= 4 is 15.9 Å². The molecule has 0 aliphatic rings. The van der Waals surface area contributed by atoms with Gasteiger partial charge in [0.2, 0.25) is 0 Å². The zero-order chi connectivity index (χ0) is 15.3. The average Bonchev–Trinajstić information content (AvgIpc) is 2.35. The minimum absolute atomic E-state index is 0.0142. The second kappa shape index (κ2) is 7.51. The fourth-order valence-electron chi connectivity index (χ4n) is 2.18. The average molecular weight is 348 g/mol. The van der Waals surface area contributed by atoms with Crippen molar-refractivity contribution in [3.05, 3.63) is 33.8 Å². The lowest BCUT2D eigenvalue weighted by atomic mass is 9.93. The molecule has 4 heteroatoms. The Kier molecular flexibility index (Phi) is 6.59. The number of hydrogen-bond donors (Lipinski definition) is 1. The minimum Gasteiger partial charge on any atom is -0.312 e. The predicted octanol–water partition coefficient (Wildman–Crippen LogP) is 5.07. The van der Waals surface area contributed by atoms with Gasteiger partial charge in [0.1, 0.15) is 11.6 Å². The maximum atomic E-state index is 14.0. The Morgan fingerprint density at radius 3 is 2.45 bits per heavy atom. The van der Waals surface area contributed by atoms with Crippen LogP contribution in [-0.2, 0) is 6.42 Å². The van der Waals surface area contributed by atoms with Gasteiger partial charge in [0.15, 0.2) is 0 Å². The molecule has 0 saturated carbocycles. The van der Waals surface area contributed by atoms with Crippen molar-refractivity contribution in [1.29, 1.82) is 0 Å². The van der Waals surface area contributed by atoms with E-state index >= 15 is 0 Å². The van der Waals surface area contributed by atoms with Gasteiger partial charge in [0.25, 0.3) is 0 Å². The molecule has 1 rings (SSSR count). The third-order valence-corrected chi connectivity index (χ3v) is 3.86. The van der Waals surface area contributed by atoms with Crippen molar-refractivity contribution in [2.24, 2.45) is 5.92 Å². The third-order valence-electron chi connectivity index (χ3n) is 3.25. The van der Waals surface area contributed by atoms with Gasteiger partial charge in [-0.05, 0) is 74.1 Å². The number of halogens is 3. The highest BCUT2D eigenvalue weighted by Gasteiger charge is 2.19. The number of benzene rings is 1. The van der Waals surface area contributed by atoms with Gasteiger partial charge in [-0.2, -0.15) is 0 Å². The molecule has 1 aromatic rings. The van der Waals surface area contributed by atoms with Gasteiger partial charge in [0.05, 0.1) is 4.47 Å². The molecule has 0 aliphatic heterocycles. The molecular formula is C16H24BrF2N. The Hall–Kier alpha value is -0.480. The van der Waals surface area contributed by atoms with E-state index in [1.165, 1.54) is 12.1 Å². The number of rotatable bonds is 6. The van der Waals surface area contributed by atoms with Gasteiger partial charge in [-0.3, -0.25) is 0 Å². The monoisotopic (exact) mass is 347 g/mol. The Bertz CT molecular complexity index is 441. The Morgan fingerprint density at radius 1 is 1.25 bits per heavy atom. The molecule has 1 aromatic carbocycles. The SMILES string of the molecule is CCCC(CNC(C)(C)C)Cc1c(F)ccc(Br)c1F. The van der Waals surface area contributed by atoms with Crippen LogP contribution in [0.1, 0.15) is 46.1 Å². The van der Waals surface area contributed by atoms with E-state index in [-0.39, 0.29) is 17.0 Å². The lowest BCUT2D eigenvalue weighted by Gasteiger charge is -2.25. The summed E-state index contributed by atoms with van der Waals surface area (Å²) >= 11 is 3.12. The number of nitrogens with one attached hydrogen (secondary N) is 1. The van der Waals surface area contributed by atoms with Crippen LogP contribution in [-0.4, -0.2) is 12.1 Å². The molecule has 0 aliphatic carbocycles. The van der Waals surface area contributed by atoms with Crippen LogP contribution in [0.5, 0.6) is 0 Å². The topological polar surface area (TPSA) is 12.0 Å². The summed E-state index contributed by atoms with van der Waals surface area (Å²) in [5, 5.41) is 3.42. The van der Waals surface area contributed by atoms with Crippen molar-refractivity contribution in [2.75, 3.05) is 6.54 Å². The Labute approximate surface area is 129 Å². The summed E-state index contributed by atoms with van der Waals surface area (Å²) in [6.07, 6.45) is 2.39. The van der Waals surface area contributed by atoms with Gasteiger partial charge in [0, 0.05) is 11.1 Å². The first kappa shape index (κ1) is 17.6. The van der Waals surface area contributed by atoms with Crippen LogP contribution in [0.2, 0.25) is 0 Å². The van der Waals surface area contributed by atoms with Gasteiger partial charge < -0.3 is 5.32 Å². The molecule has 1 N–H and O–H groups in total. The van der Waals surface area contributed by atoms with Crippen LogP contribution >= 0.6 is 15.9 Å². The molecule has 0 heterocycles. The maximum absolute atomic E-state index is 14.0. The lowest BCUT2D eigenvalue weighted by molar-refractivity contribution is 0.349. The molecular weight excluding hydrogens is 324 g/mol. The summed E-state index contributed by atoms with van der Waals surface area (Å²) in [6, 6.07) is 2.74. The van der Waals surface area contributed by atoms with Crippen LogP contribution in [0.15, 0.2) is 16.6 Å². The Balaban J connectivity index is 2.83. The zero-order valence-electron chi connectivity index (χ0n) is 12.7. The summed E-state index contributed by atoms with van der Waals surface area (Å²) in [6.45, 7) is 9.14. The largest absolute Gasteiger partial charge is 0.312 e. The summed E-state index contributed by atoms with van der Waals surface area (Å²) in [4.78, 5) is 0. The van der Waals surface area contributed by atoms with Gasteiger partial charge in [-0.25, -0.2) is 8.78 Å². The first-order valence-corrected chi connectivity index (χ1v) is 7.91. The molecule has 0 fully saturated rings. The Morgan fingerprint density at radius 2 is 1.90 bits per heavy atom. The predicted molar refractivity (Wildman–Crippen MR) is 83.9 cm³/mol. The van der Waals surface area contributed by atoms with Crippen LogP contribution in [0.3, 0.4) is 0 Å². The zero-order valence-corrected chi connectivity index (χ0v) is 14.3. The van der Waals surface area contributed by atoms with Crippen molar-refractivity contribution in [1.82, 2.24) is 5.32 Å². The van der Waals surface area contributed by atoms with E-state index in [4.69, 9.17) is 0 Å². The second-order valence-electron chi connectivity index (χ2n) is 6.31. The van der Waals surface area contributed by atoms with E-state index < -0.39 is 11.6 Å². The summed E-state index contributed by atoms with van der Waals surface area (Å²) in [5.41, 5.74) is 0.203. The van der Waals surface area contributed by atoms with Crippen molar-refractivity contribution < 1.29 is 8.78 Å². The van der Waals surface area contributed by atoms with Gasteiger partial charge in [-0.1, -0.05) is 13.3 Å². The van der Waals surface area contributed by atoms with E-state index in [9.17, 15) is 8.78 Å². The van der Waals surface area contributed by atoms with E-state index in [2.05, 4.69) is 48.9 Å². The highest BCUT2D eigenvalue weighted by atomic mass is 79.9. The van der Waals surface area contributed by atoms with E-state index in [0.29, 0.717) is 10.9 Å². The minimum atomic E-state index is -0.470. The molecule has 0 bridgehead atoms. The molecule has 1 unspecified atom stereocenters. The lowest BCUT2D eigenvalue weighted by Crippen LogP contribution is -2.39. The molecule has 0 spiro atoms. The van der Waals surface area contributed by atoms with Crippen LogP contribution < -0.4 is 5.32 Å². The van der Waals surface area contributed by atoms with E-state index in [1.807, 2.05) is 0 Å². The van der Waals surface area contributed by atoms with Crippen LogP contribution in [0.4, 0.5) is 8.78 Å². The van der Waals surface area contributed by atoms with Crippen molar-refractivity contribution in [3.63, 3.8) is 0 Å². The first-order chi connectivity index (χ1) is 9.24. The fourth-order valence-corrected chi connectivity index (χ4v) is 2.55. The smallest absolute Gasteiger partial charge is 0.143 e. The van der Waals surface area contributed by atoms with Gasteiger partial charge in [-0.15, -0.1) is 0 Å². The first-order valence-electron chi connectivity index (χ1n) is 7.12. The molecule has 0 saturated heterocycles. The second-order valence-corrected chi connectivity index (χ2v) is 7.17. The third kappa shape index (κ3) is 5.49. The maximum Gasteiger partial charge on any atom is 0.143 e. The standard InChI is InChI=1S/C16H24BrF2N/c1-5-6-11(10-20-16(2,3)4)9-12-14(18)8-7-13(17)15(12)19/h7-8,11,20H,5-6,9-10H2,1-4H3. The van der Waals surface area contributed by atoms with Crippen LogP contribution in [0, 0.1) is 17.6 Å². The molecule has 0 amide bonds. The van der Waals surface area contributed by atoms with Crippen molar-refractivity contribution in [2.45, 2.75) is 52.5 Å². The summed E-state index contributed by atoms with van der Waals surface area (Å²) in [7, 11) is 0. The van der Waals surface area contributed by atoms with Crippen molar-refractivity contribution in [3.8, 4) is 0 Å². The molecule has 114 valence electrons. The van der Waals surface area contributed by atoms with E-state index in [0.717, 1.165) is 19.4 Å². The quantitative estimate of drug-likeness (QED) is 0.708. The molecule has 0 aromatic heterocycles.